The third-order valence-corrected chi connectivity index (χ3v) is 3.78. The summed E-state index contributed by atoms with van der Waals surface area (Å²) >= 11 is 5.36. The quantitative estimate of drug-likeness (QED) is 0.687. The number of ether oxygens (including phenoxy) is 1. The van der Waals surface area contributed by atoms with Gasteiger partial charge >= 0.3 is 5.97 Å². The lowest BCUT2D eigenvalue weighted by atomic mass is 9.98. The van der Waals surface area contributed by atoms with E-state index >= 15 is 0 Å². The van der Waals surface area contributed by atoms with Gasteiger partial charge in [0.2, 0.25) is 0 Å². The van der Waals surface area contributed by atoms with Crippen molar-refractivity contribution in [1.29, 1.82) is 0 Å². The summed E-state index contributed by atoms with van der Waals surface area (Å²) in [7, 11) is 0. The van der Waals surface area contributed by atoms with Crippen LogP contribution in [0.25, 0.3) is 0 Å². The summed E-state index contributed by atoms with van der Waals surface area (Å²) in [5.74, 6) is -0.578. The fraction of sp³-hybridized carbons (Fsp3) is 0.467. The summed E-state index contributed by atoms with van der Waals surface area (Å²) in [5, 5.41) is 3.62. The molecule has 2 rings (SSSR count). The van der Waals surface area contributed by atoms with Gasteiger partial charge in [-0.15, -0.1) is 0 Å². The second-order valence-corrected chi connectivity index (χ2v) is 5.36. The molecule has 0 unspecified atom stereocenters. The fourth-order valence-electron chi connectivity index (χ4n) is 2.35. The maximum absolute atomic E-state index is 12.9. The maximum Gasteiger partial charge on any atom is 0.310 e. The van der Waals surface area contributed by atoms with Crippen LogP contribution in [0.2, 0.25) is 0 Å². The summed E-state index contributed by atoms with van der Waals surface area (Å²) in [4.78, 5) is 13.8. The van der Waals surface area contributed by atoms with Crippen LogP contribution in [0.5, 0.6) is 0 Å². The highest BCUT2D eigenvalue weighted by Crippen LogP contribution is 2.19. The lowest BCUT2D eigenvalue weighted by Crippen LogP contribution is -2.44. The lowest BCUT2D eigenvalue weighted by molar-refractivity contribution is -0.149. The smallest absolute Gasteiger partial charge is 0.310 e. The fourth-order valence-corrected chi connectivity index (χ4v) is 2.63. The predicted molar refractivity (Wildman–Crippen MR) is 83.6 cm³/mol. The van der Waals surface area contributed by atoms with Crippen LogP contribution in [-0.2, 0) is 9.53 Å². The first-order valence-corrected chi connectivity index (χ1v) is 7.49. The Hall–Kier alpha value is -1.69. The normalized spacial score (nSPS) is 18.2. The van der Waals surface area contributed by atoms with Crippen LogP contribution in [0.3, 0.4) is 0 Å². The van der Waals surface area contributed by atoms with Crippen LogP contribution in [0.15, 0.2) is 24.3 Å². The Morgan fingerprint density at radius 2 is 2.19 bits per heavy atom. The molecule has 0 amide bonds. The molecule has 0 spiro atoms. The number of nitrogens with one attached hydrogen (secondary N) is 1. The second kappa shape index (κ2) is 7.36. The van der Waals surface area contributed by atoms with Gasteiger partial charge in [0.05, 0.1) is 12.5 Å². The first-order valence-electron chi connectivity index (χ1n) is 7.08. The number of anilines is 1. The SMILES string of the molecule is CCOC(=O)[C@H]1CCCN(C(=S)Nc2ccc(F)cc2)C1. The van der Waals surface area contributed by atoms with E-state index in [0.29, 0.717) is 18.3 Å². The predicted octanol–water partition coefficient (Wildman–Crippen LogP) is 2.80. The number of benzene rings is 1. The molecule has 0 aliphatic carbocycles. The number of hydrogen-bond acceptors (Lipinski definition) is 3. The number of halogens is 1. The first-order chi connectivity index (χ1) is 10.1. The molecule has 0 aromatic heterocycles. The van der Waals surface area contributed by atoms with Gasteiger partial charge in [-0.1, -0.05) is 0 Å². The van der Waals surface area contributed by atoms with Crippen molar-refractivity contribution < 1.29 is 13.9 Å². The molecule has 21 heavy (non-hydrogen) atoms. The largest absolute Gasteiger partial charge is 0.466 e. The molecule has 1 saturated heterocycles. The molecule has 0 bridgehead atoms. The number of nitrogens with zero attached hydrogens (tertiary/aromatic N) is 1. The number of rotatable bonds is 3. The molecular formula is C15H19FN2O2S. The van der Waals surface area contributed by atoms with Crippen LogP contribution in [-0.4, -0.2) is 35.7 Å². The molecule has 114 valence electrons. The van der Waals surface area contributed by atoms with Gasteiger partial charge in [0.25, 0.3) is 0 Å². The van der Waals surface area contributed by atoms with Crippen molar-refractivity contribution in [2.75, 3.05) is 25.0 Å². The molecule has 1 N–H and O–H groups in total. The molecule has 6 heteroatoms. The van der Waals surface area contributed by atoms with Crippen molar-refractivity contribution in [1.82, 2.24) is 4.90 Å². The number of hydrogen-bond donors (Lipinski definition) is 1. The number of thiocarbonyl (C=S) groups is 1. The molecule has 1 heterocycles. The minimum atomic E-state index is -0.285. The van der Waals surface area contributed by atoms with E-state index in [4.69, 9.17) is 17.0 Å². The summed E-state index contributed by atoms with van der Waals surface area (Å²) in [6, 6.07) is 6.02. The highest BCUT2D eigenvalue weighted by atomic mass is 32.1. The molecule has 0 saturated carbocycles. The Labute approximate surface area is 129 Å². The van der Waals surface area contributed by atoms with Gasteiger partial charge in [0.15, 0.2) is 5.11 Å². The van der Waals surface area contributed by atoms with E-state index < -0.39 is 0 Å². The van der Waals surface area contributed by atoms with Gasteiger partial charge in [0, 0.05) is 18.8 Å². The number of carbonyl (C=O) groups excluding carboxylic acids is 1. The van der Waals surface area contributed by atoms with Crippen LogP contribution in [0.1, 0.15) is 19.8 Å². The van der Waals surface area contributed by atoms with Crippen molar-refractivity contribution >= 4 is 29.0 Å². The molecule has 1 aliphatic heterocycles. The van der Waals surface area contributed by atoms with Crippen LogP contribution >= 0.6 is 12.2 Å². The Kier molecular flexibility index (Phi) is 5.50. The summed E-state index contributed by atoms with van der Waals surface area (Å²) < 4.78 is 17.9. The Morgan fingerprint density at radius 1 is 1.48 bits per heavy atom. The van der Waals surface area contributed by atoms with E-state index in [2.05, 4.69) is 5.32 Å². The van der Waals surface area contributed by atoms with E-state index in [9.17, 15) is 9.18 Å². The number of esters is 1. The molecule has 1 fully saturated rings. The molecule has 1 aliphatic rings. The van der Waals surface area contributed by atoms with Crippen molar-refractivity contribution in [3.8, 4) is 0 Å². The van der Waals surface area contributed by atoms with Crippen LogP contribution in [0, 0.1) is 11.7 Å². The molecule has 1 aromatic rings. The standard InChI is InChI=1S/C15H19FN2O2S/c1-2-20-14(19)11-4-3-9-18(10-11)15(21)17-13-7-5-12(16)6-8-13/h5-8,11H,2-4,9-10H2,1H3,(H,17,21)/t11-/m0/s1. The molecule has 1 aromatic carbocycles. The lowest BCUT2D eigenvalue weighted by Gasteiger charge is -2.33. The minimum absolute atomic E-state index is 0.133. The summed E-state index contributed by atoms with van der Waals surface area (Å²) in [5.41, 5.74) is 0.736. The van der Waals surface area contributed by atoms with Gasteiger partial charge in [0.1, 0.15) is 5.82 Å². The zero-order valence-electron chi connectivity index (χ0n) is 12.0. The monoisotopic (exact) mass is 310 g/mol. The van der Waals surface area contributed by atoms with E-state index in [0.717, 1.165) is 25.1 Å². The second-order valence-electron chi connectivity index (χ2n) is 4.97. The van der Waals surface area contributed by atoms with Gasteiger partial charge < -0.3 is 15.0 Å². The van der Waals surface area contributed by atoms with E-state index in [1.807, 2.05) is 4.90 Å². The minimum Gasteiger partial charge on any atom is -0.466 e. The third-order valence-electron chi connectivity index (χ3n) is 3.42. The van der Waals surface area contributed by atoms with Gasteiger partial charge in [-0.25, -0.2) is 4.39 Å². The third kappa shape index (κ3) is 4.39. The number of carbonyl (C=O) groups is 1. The van der Waals surface area contributed by atoms with Crippen molar-refractivity contribution in [3.05, 3.63) is 30.1 Å². The highest BCUT2D eigenvalue weighted by Gasteiger charge is 2.27. The average Bonchev–Trinajstić information content (AvgIpc) is 2.50. The Morgan fingerprint density at radius 3 is 2.86 bits per heavy atom. The van der Waals surface area contributed by atoms with Gasteiger partial charge in [-0.05, 0) is 56.2 Å². The summed E-state index contributed by atoms with van der Waals surface area (Å²) in [6.45, 7) is 3.57. The zero-order chi connectivity index (χ0) is 15.2. The number of piperidine rings is 1. The van der Waals surface area contributed by atoms with E-state index in [-0.39, 0.29) is 17.7 Å². The highest BCUT2D eigenvalue weighted by molar-refractivity contribution is 7.80. The van der Waals surface area contributed by atoms with Gasteiger partial charge in [-0.2, -0.15) is 0 Å². The zero-order valence-corrected chi connectivity index (χ0v) is 12.8. The van der Waals surface area contributed by atoms with Crippen molar-refractivity contribution in [2.24, 2.45) is 5.92 Å². The van der Waals surface area contributed by atoms with Crippen molar-refractivity contribution in [2.45, 2.75) is 19.8 Å². The maximum atomic E-state index is 12.9. The average molecular weight is 310 g/mol. The van der Waals surface area contributed by atoms with Crippen LogP contribution in [0.4, 0.5) is 10.1 Å². The Bertz CT molecular complexity index is 507. The number of likely N-dealkylation sites (tertiary alicyclic amines) is 1. The molecule has 0 radical (unpaired) electrons. The molecule has 1 atom stereocenters. The first kappa shape index (κ1) is 15.7. The van der Waals surface area contributed by atoms with Crippen molar-refractivity contribution in [3.63, 3.8) is 0 Å². The molecule has 4 nitrogen and oxygen atoms in total. The van der Waals surface area contributed by atoms with Gasteiger partial charge in [-0.3, -0.25) is 4.79 Å². The topological polar surface area (TPSA) is 41.6 Å². The van der Waals surface area contributed by atoms with E-state index in [1.165, 1.54) is 12.1 Å². The van der Waals surface area contributed by atoms with E-state index in [1.54, 1.807) is 19.1 Å². The van der Waals surface area contributed by atoms with Crippen LogP contribution < -0.4 is 5.32 Å². The molecular weight excluding hydrogens is 291 g/mol. The summed E-state index contributed by atoms with van der Waals surface area (Å²) in [6.07, 6.45) is 1.73. The Balaban J connectivity index is 1.92.